The molecule has 0 aromatic heterocycles. The molecule has 1 fully saturated rings. The topological polar surface area (TPSA) is 51.7 Å². The number of carbonyl (C=O) groups is 1. The van der Waals surface area contributed by atoms with Crippen molar-refractivity contribution in [2.75, 3.05) is 31.1 Å². The summed E-state index contributed by atoms with van der Waals surface area (Å²) in [5, 5.41) is 8.74. The minimum atomic E-state index is 0.187. The fourth-order valence-corrected chi connectivity index (χ4v) is 3.13. The number of carbonyl (C=O) groups excluding carboxylic acids is 1. The van der Waals surface area contributed by atoms with E-state index in [1.807, 2.05) is 17.0 Å². The Morgan fingerprint density at radius 1 is 1.17 bits per heavy atom. The molecule has 5 heteroatoms. The number of piperazine rings is 1. The van der Waals surface area contributed by atoms with E-state index in [9.17, 15) is 4.79 Å². The van der Waals surface area contributed by atoms with Gasteiger partial charge >= 0.3 is 5.69 Å². The molecule has 1 aliphatic heterocycles. The SMILES string of the molecule is CCCCC(CC)C(=O)N1CCN(c2ccc([N+]#N)cc2)CC1. The zero-order valence-electron chi connectivity index (χ0n) is 14.2. The summed E-state index contributed by atoms with van der Waals surface area (Å²) in [5.41, 5.74) is 1.67. The second-order valence-electron chi connectivity index (χ2n) is 6.18. The van der Waals surface area contributed by atoms with Gasteiger partial charge in [-0.3, -0.25) is 4.79 Å². The molecule has 1 saturated heterocycles. The van der Waals surface area contributed by atoms with Gasteiger partial charge in [0.15, 0.2) is 4.98 Å². The highest BCUT2D eigenvalue weighted by molar-refractivity contribution is 5.79. The number of amides is 1. The number of anilines is 1. The summed E-state index contributed by atoms with van der Waals surface area (Å²) in [7, 11) is 0. The third kappa shape index (κ3) is 4.44. The number of unbranched alkanes of at least 4 members (excludes halogenated alkanes) is 1. The zero-order valence-corrected chi connectivity index (χ0v) is 14.2. The predicted molar refractivity (Wildman–Crippen MR) is 93.3 cm³/mol. The van der Waals surface area contributed by atoms with Gasteiger partial charge in [0.05, 0.1) is 0 Å². The molecular weight excluding hydrogens is 288 g/mol. The van der Waals surface area contributed by atoms with Crippen molar-refractivity contribution in [3.05, 3.63) is 29.2 Å². The molecular formula is C18H27N4O+. The summed E-state index contributed by atoms with van der Waals surface area (Å²) in [6, 6.07) is 7.51. The van der Waals surface area contributed by atoms with Gasteiger partial charge in [0, 0.05) is 49.9 Å². The van der Waals surface area contributed by atoms with E-state index < -0.39 is 0 Å². The first kappa shape index (κ1) is 17.3. The van der Waals surface area contributed by atoms with Gasteiger partial charge in [-0.1, -0.05) is 26.7 Å². The van der Waals surface area contributed by atoms with Crippen molar-refractivity contribution in [2.24, 2.45) is 5.92 Å². The Hall–Kier alpha value is -2.09. The van der Waals surface area contributed by atoms with E-state index in [0.29, 0.717) is 11.6 Å². The van der Waals surface area contributed by atoms with Gasteiger partial charge in [0.1, 0.15) is 0 Å². The van der Waals surface area contributed by atoms with Crippen molar-refractivity contribution >= 4 is 17.3 Å². The van der Waals surface area contributed by atoms with Gasteiger partial charge < -0.3 is 9.80 Å². The molecule has 1 heterocycles. The lowest BCUT2D eigenvalue weighted by Crippen LogP contribution is -2.50. The van der Waals surface area contributed by atoms with Crippen LogP contribution >= 0.6 is 0 Å². The van der Waals surface area contributed by atoms with Crippen LogP contribution in [0, 0.1) is 11.3 Å². The molecule has 0 bridgehead atoms. The molecule has 0 aliphatic carbocycles. The van der Waals surface area contributed by atoms with Gasteiger partial charge in [-0.25, -0.2) is 0 Å². The van der Waals surface area contributed by atoms with Crippen LogP contribution in [0.1, 0.15) is 39.5 Å². The Bertz CT molecular complexity index is 541. The van der Waals surface area contributed by atoms with E-state index in [4.69, 9.17) is 5.39 Å². The first-order valence-corrected chi connectivity index (χ1v) is 8.68. The Morgan fingerprint density at radius 3 is 2.35 bits per heavy atom. The van der Waals surface area contributed by atoms with Crippen molar-refractivity contribution < 1.29 is 4.79 Å². The lowest BCUT2D eigenvalue weighted by atomic mass is 9.97. The Balaban J connectivity index is 1.89. The molecule has 0 N–H and O–H groups in total. The molecule has 0 spiro atoms. The van der Waals surface area contributed by atoms with Gasteiger partial charge in [-0.2, -0.15) is 0 Å². The maximum Gasteiger partial charge on any atom is 0.385 e. The molecule has 2 rings (SSSR count). The van der Waals surface area contributed by atoms with Crippen LogP contribution in [0.15, 0.2) is 24.3 Å². The van der Waals surface area contributed by atoms with E-state index >= 15 is 0 Å². The van der Waals surface area contributed by atoms with Crippen LogP contribution in [-0.4, -0.2) is 37.0 Å². The first-order chi connectivity index (χ1) is 11.2. The molecule has 1 unspecified atom stereocenters. The number of rotatable bonds is 6. The van der Waals surface area contributed by atoms with Gasteiger partial charge in [-0.05, 0) is 25.0 Å². The average molecular weight is 315 g/mol. The minimum absolute atomic E-state index is 0.187. The molecule has 5 nitrogen and oxygen atoms in total. The number of hydrogen-bond acceptors (Lipinski definition) is 3. The summed E-state index contributed by atoms with van der Waals surface area (Å²) in [6.45, 7) is 7.56. The van der Waals surface area contributed by atoms with E-state index in [-0.39, 0.29) is 5.92 Å². The van der Waals surface area contributed by atoms with Gasteiger partial charge in [0.25, 0.3) is 0 Å². The molecule has 1 aromatic rings. The standard InChI is InChI=1S/C18H27N4O/c1-3-5-6-15(4-2)18(23)22-13-11-21(12-14-22)17-9-7-16(20-19)8-10-17/h7-10,15H,3-6,11-14H2,1-2H3/q+1. The summed E-state index contributed by atoms with van der Waals surface area (Å²) < 4.78 is 0. The highest BCUT2D eigenvalue weighted by Crippen LogP contribution is 2.22. The number of diazo groups is 1. The van der Waals surface area contributed by atoms with E-state index in [2.05, 4.69) is 23.7 Å². The summed E-state index contributed by atoms with van der Waals surface area (Å²) in [4.78, 5) is 20.1. The van der Waals surface area contributed by atoms with Crippen molar-refractivity contribution in [3.63, 3.8) is 0 Å². The van der Waals surface area contributed by atoms with E-state index in [0.717, 1.165) is 57.5 Å². The monoisotopic (exact) mass is 315 g/mol. The molecule has 0 radical (unpaired) electrons. The minimum Gasteiger partial charge on any atom is -0.368 e. The molecule has 1 aromatic carbocycles. The van der Waals surface area contributed by atoms with Crippen molar-refractivity contribution in [1.29, 1.82) is 5.39 Å². The van der Waals surface area contributed by atoms with Crippen LogP contribution in [0.5, 0.6) is 0 Å². The normalized spacial score (nSPS) is 16.0. The largest absolute Gasteiger partial charge is 0.385 e. The third-order valence-electron chi connectivity index (χ3n) is 4.67. The van der Waals surface area contributed by atoms with Crippen LogP contribution in [0.25, 0.3) is 4.98 Å². The van der Waals surface area contributed by atoms with Crippen LogP contribution in [0.3, 0.4) is 0 Å². The van der Waals surface area contributed by atoms with Crippen LogP contribution in [-0.2, 0) is 4.79 Å². The predicted octanol–water partition coefficient (Wildman–Crippen LogP) is 4.04. The third-order valence-corrected chi connectivity index (χ3v) is 4.67. The number of benzene rings is 1. The number of hydrogen-bond donors (Lipinski definition) is 0. The zero-order chi connectivity index (χ0) is 16.7. The van der Waals surface area contributed by atoms with Crippen LogP contribution in [0.2, 0.25) is 0 Å². The van der Waals surface area contributed by atoms with Crippen molar-refractivity contribution in [3.8, 4) is 0 Å². The maximum atomic E-state index is 12.6. The molecule has 1 amide bonds. The summed E-state index contributed by atoms with van der Waals surface area (Å²) in [6.07, 6.45) is 4.23. The van der Waals surface area contributed by atoms with Gasteiger partial charge in [-0.15, -0.1) is 0 Å². The molecule has 0 saturated carbocycles. The van der Waals surface area contributed by atoms with Crippen molar-refractivity contribution in [2.45, 2.75) is 39.5 Å². The summed E-state index contributed by atoms with van der Waals surface area (Å²) >= 11 is 0. The van der Waals surface area contributed by atoms with Crippen molar-refractivity contribution in [1.82, 2.24) is 4.90 Å². The van der Waals surface area contributed by atoms with E-state index in [1.165, 1.54) is 0 Å². The lowest BCUT2D eigenvalue weighted by Gasteiger charge is -2.37. The Labute approximate surface area is 138 Å². The highest BCUT2D eigenvalue weighted by atomic mass is 16.2. The quantitative estimate of drug-likeness (QED) is 0.745. The maximum absolute atomic E-state index is 12.6. The van der Waals surface area contributed by atoms with Crippen LogP contribution < -0.4 is 4.90 Å². The summed E-state index contributed by atoms with van der Waals surface area (Å²) in [5.74, 6) is 0.516. The Kier molecular flexibility index (Phi) is 6.40. The molecule has 1 aliphatic rings. The smallest absolute Gasteiger partial charge is 0.368 e. The second kappa shape index (κ2) is 8.52. The Morgan fingerprint density at radius 2 is 1.83 bits per heavy atom. The van der Waals surface area contributed by atoms with Gasteiger partial charge in [0.2, 0.25) is 11.3 Å². The second-order valence-corrected chi connectivity index (χ2v) is 6.18. The fraction of sp³-hybridized carbons (Fsp3) is 0.611. The molecule has 1 atom stereocenters. The molecule has 23 heavy (non-hydrogen) atoms. The van der Waals surface area contributed by atoms with Crippen LogP contribution in [0.4, 0.5) is 11.4 Å². The van der Waals surface area contributed by atoms with E-state index in [1.54, 1.807) is 12.1 Å². The first-order valence-electron chi connectivity index (χ1n) is 8.68. The highest BCUT2D eigenvalue weighted by Gasteiger charge is 2.26. The molecule has 124 valence electrons. The lowest BCUT2D eigenvalue weighted by molar-refractivity contribution is -0.136. The average Bonchev–Trinajstić information content (AvgIpc) is 2.62. The number of nitrogens with zero attached hydrogens (tertiary/aromatic N) is 4. The fourth-order valence-electron chi connectivity index (χ4n) is 3.13.